The Morgan fingerprint density at radius 1 is 1.09 bits per heavy atom. The molecule has 0 unspecified atom stereocenters. The topological polar surface area (TPSA) is 64.9 Å². The molecule has 2 rings (SSSR count). The highest BCUT2D eigenvalue weighted by Crippen LogP contribution is 2.20. The molecule has 0 aliphatic rings. The Kier molecular flexibility index (Phi) is 5.56. The van der Waals surface area contributed by atoms with Crippen molar-refractivity contribution in [2.24, 2.45) is 0 Å². The van der Waals surface area contributed by atoms with Gasteiger partial charge in [-0.1, -0.05) is 19.4 Å². The van der Waals surface area contributed by atoms with Gasteiger partial charge in [-0.2, -0.15) is 5.26 Å². The maximum absolute atomic E-state index is 11.7. The Bertz CT molecular complexity index is 671. The van der Waals surface area contributed by atoms with Crippen molar-refractivity contribution < 1.29 is 4.79 Å². The molecule has 2 aromatic carbocycles. The Morgan fingerprint density at radius 2 is 1.82 bits per heavy atom. The Labute approximate surface area is 130 Å². The standard InChI is InChI=1S/C18H19N3O/c1-2-3-7-18(22)21-16-10-8-15(9-11-16)20-17-6-4-5-14(12-17)13-19/h4-6,8-12,20H,2-3,7H2,1H3,(H,21,22). The molecule has 0 spiro atoms. The zero-order chi connectivity index (χ0) is 15.8. The molecule has 112 valence electrons. The molecule has 22 heavy (non-hydrogen) atoms. The van der Waals surface area contributed by atoms with Gasteiger partial charge in [-0.3, -0.25) is 4.79 Å². The number of hydrogen-bond donors (Lipinski definition) is 2. The first kappa shape index (κ1) is 15.6. The van der Waals surface area contributed by atoms with Gasteiger partial charge in [-0.15, -0.1) is 0 Å². The molecule has 0 heterocycles. The van der Waals surface area contributed by atoms with Crippen molar-refractivity contribution >= 4 is 23.0 Å². The van der Waals surface area contributed by atoms with Gasteiger partial charge < -0.3 is 10.6 Å². The Balaban J connectivity index is 1.97. The van der Waals surface area contributed by atoms with E-state index in [0.717, 1.165) is 29.9 Å². The van der Waals surface area contributed by atoms with Crippen LogP contribution in [0, 0.1) is 11.3 Å². The van der Waals surface area contributed by atoms with Crippen molar-refractivity contribution in [2.45, 2.75) is 26.2 Å². The lowest BCUT2D eigenvalue weighted by molar-refractivity contribution is -0.116. The summed E-state index contributed by atoms with van der Waals surface area (Å²) >= 11 is 0. The van der Waals surface area contributed by atoms with Gasteiger partial charge in [-0.25, -0.2) is 0 Å². The van der Waals surface area contributed by atoms with Gasteiger partial charge >= 0.3 is 0 Å². The van der Waals surface area contributed by atoms with Crippen molar-refractivity contribution in [1.29, 1.82) is 5.26 Å². The molecular weight excluding hydrogens is 274 g/mol. The average Bonchev–Trinajstić information content (AvgIpc) is 2.55. The summed E-state index contributed by atoms with van der Waals surface area (Å²) in [4.78, 5) is 11.7. The molecule has 0 atom stereocenters. The third-order valence-corrected chi connectivity index (χ3v) is 3.21. The summed E-state index contributed by atoms with van der Waals surface area (Å²) in [7, 11) is 0. The first-order valence-electron chi connectivity index (χ1n) is 7.38. The number of nitrogens with one attached hydrogen (secondary N) is 2. The van der Waals surface area contributed by atoms with Gasteiger partial charge in [0.05, 0.1) is 11.6 Å². The highest BCUT2D eigenvalue weighted by atomic mass is 16.1. The monoisotopic (exact) mass is 293 g/mol. The second-order valence-corrected chi connectivity index (χ2v) is 5.05. The number of carbonyl (C=O) groups excluding carboxylic acids is 1. The molecule has 0 fully saturated rings. The van der Waals surface area contributed by atoms with E-state index in [-0.39, 0.29) is 5.91 Å². The molecule has 0 saturated carbocycles. The summed E-state index contributed by atoms with van der Waals surface area (Å²) in [5.41, 5.74) is 3.17. The quantitative estimate of drug-likeness (QED) is 0.828. The maximum atomic E-state index is 11.7. The van der Waals surface area contributed by atoms with Crippen LogP contribution in [0.15, 0.2) is 48.5 Å². The molecule has 4 nitrogen and oxygen atoms in total. The fraction of sp³-hybridized carbons (Fsp3) is 0.222. The first-order chi connectivity index (χ1) is 10.7. The second kappa shape index (κ2) is 7.84. The van der Waals surface area contributed by atoms with E-state index in [4.69, 9.17) is 5.26 Å². The Morgan fingerprint density at radius 3 is 2.50 bits per heavy atom. The summed E-state index contributed by atoms with van der Waals surface area (Å²) in [5, 5.41) is 15.0. The minimum atomic E-state index is 0.0456. The van der Waals surface area contributed by atoms with E-state index in [2.05, 4.69) is 23.6 Å². The lowest BCUT2D eigenvalue weighted by Gasteiger charge is -2.09. The lowest BCUT2D eigenvalue weighted by atomic mass is 10.2. The number of amides is 1. The molecule has 0 aliphatic heterocycles. The van der Waals surface area contributed by atoms with E-state index in [1.54, 1.807) is 12.1 Å². The van der Waals surface area contributed by atoms with Gasteiger partial charge in [0.1, 0.15) is 0 Å². The zero-order valence-corrected chi connectivity index (χ0v) is 12.6. The average molecular weight is 293 g/mol. The third kappa shape index (κ3) is 4.64. The maximum Gasteiger partial charge on any atom is 0.224 e. The normalized spacial score (nSPS) is 9.82. The molecule has 0 bridgehead atoms. The van der Waals surface area contributed by atoms with Crippen LogP contribution in [0.1, 0.15) is 31.7 Å². The molecule has 1 amide bonds. The minimum Gasteiger partial charge on any atom is -0.355 e. The first-order valence-corrected chi connectivity index (χ1v) is 7.38. The molecule has 0 aliphatic carbocycles. The van der Waals surface area contributed by atoms with E-state index in [1.165, 1.54) is 0 Å². The predicted molar refractivity (Wildman–Crippen MR) is 89.0 cm³/mol. The van der Waals surface area contributed by atoms with E-state index in [9.17, 15) is 4.79 Å². The van der Waals surface area contributed by atoms with E-state index in [1.807, 2.05) is 36.4 Å². The van der Waals surface area contributed by atoms with Gasteiger partial charge in [0.15, 0.2) is 0 Å². The summed E-state index contributed by atoms with van der Waals surface area (Å²) in [6, 6.07) is 16.9. The number of hydrogen-bond acceptors (Lipinski definition) is 3. The van der Waals surface area contributed by atoms with Crippen LogP contribution in [0.4, 0.5) is 17.1 Å². The van der Waals surface area contributed by atoms with Crippen LogP contribution in [0.2, 0.25) is 0 Å². The van der Waals surface area contributed by atoms with E-state index < -0.39 is 0 Å². The highest BCUT2D eigenvalue weighted by molar-refractivity contribution is 5.90. The molecule has 0 saturated heterocycles. The fourth-order valence-corrected chi connectivity index (χ4v) is 2.03. The van der Waals surface area contributed by atoms with Crippen LogP contribution in [-0.2, 0) is 4.79 Å². The molecule has 0 aromatic heterocycles. The number of anilines is 3. The predicted octanol–water partition coefficient (Wildman–Crippen LogP) is 4.43. The summed E-state index contributed by atoms with van der Waals surface area (Å²) in [6.07, 6.45) is 2.47. The van der Waals surface area contributed by atoms with Crippen LogP contribution in [0.3, 0.4) is 0 Å². The van der Waals surface area contributed by atoms with Crippen LogP contribution in [0.5, 0.6) is 0 Å². The van der Waals surface area contributed by atoms with Crippen molar-refractivity contribution in [1.82, 2.24) is 0 Å². The number of benzene rings is 2. The zero-order valence-electron chi connectivity index (χ0n) is 12.6. The van der Waals surface area contributed by atoms with Crippen LogP contribution in [0.25, 0.3) is 0 Å². The molecule has 2 aromatic rings. The Hall–Kier alpha value is -2.80. The van der Waals surface area contributed by atoms with Crippen LogP contribution in [-0.4, -0.2) is 5.91 Å². The van der Waals surface area contributed by atoms with Crippen molar-refractivity contribution in [3.05, 3.63) is 54.1 Å². The van der Waals surface area contributed by atoms with Crippen LogP contribution >= 0.6 is 0 Å². The minimum absolute atomic E-state index is 0.0456. The smallest absolute Gasteiger partial charge is 0.224 e. The number of rotatable bonds is 6. The largest absolute Gasteiger partial charge is 0.355 e. The molecule has 2 N–H and O–H groups in total. The highest BCUT2D eigenvalue weighted by Gasteiger charge is 2.02. The van der Waals surface area contributed by atoms with Crippen molar-refractivity contribution in [3.63, 3.8) is 0 Å². The van der Waals surface area contributed by atoms with E-state index >= 15 is 0 Å². The lowest BCUT2D eigenvalue weighted by Crippen LogP contribution is -2.10. The molecule has 4 heteroatoms. The van der Waals surface area contributed by atoms with Crippen LogP contribution < -0.4 is 10.6 Å². The SMILES string of the molecule is CCCCC(=O)Nc1ccc(Nc2cccc(C#N)c2)cc1. The fourth-order valence-electron chi connectivity index (χ4n) is 2.03. The van der Waals surface area contributed by atoms with E-state index in [0.29, 0.717) is 12.0 Å². The number of nitriles is 1. The van der Waals surface area contributed by atoms with Gasteiger partial charge in [0, 0.05) is 23.5 Å². The molecular formula is C18H19N3O. The van der Waals surface area contributed by atoms with Crippen molar-refractivity contribution in [3.8, 4) is 6.07 Å². The van der Waals surface area contributed by atoms with Gasteiger partial charge in [-0.05, 0) is 48.9 Å². The van der Waals surface area contributed by atoms with Crippen molar-refractivity contribution in [2.75, 3.05) is 10.6 Å². The second-order valence-electron chi connectivity index (χ2n) is 5.05. The summed E-state index contributed by atoms with van der Waals surface area (Å²) < 4.78 is 0. The number of nitrogens with zero attached hydrogens (tertiary/aromatic N) is 1. The third-order valence-electron chi connectivity index (χ3n) is 3.21. The summed E-state index contributed by atoms with van der Waals surface area (Å²) in [5.74, 6) is 0.0456. The number of unbranched alkanes of at least 4 members (excludes halogenated alkanes) is 1. The van der Waals surface area contributed by atoms with Gasteiger partial charge in [0.25, 0.3) is 0 Å². The summed E-state index contributed by atoms with van der Waals surface area (Å²) in [6.45, 7) is 2.06. The molecule has 0 radical (unpaired) electrons. The van der Waals surface area contributed by atoms with Gasteiger partial charge in [0.2, 0.25) is 5.91 Å². The number of carbonyl (C=O) groups is 1.